The van der Waals surface area contributed by atoms with Gasteiger partial charge in [-0.3, -0.25) is 0 Å². The first-order chi connectivity index (χ1) is 9.85. The third kappa shape index (κ3) is 3.23. The fraction of sp³-hybridized carbons (Fsp3) is 0.333. The van der Waals surface area contributed by atoms with Gasteiger partial charge in [-0.05, 0) is 47.1 Å². The Morgan fingerprint density at radius 1 is 0.850 bits per heavy atom. The number of alkyl halides is 1. The van der Waals surface area contributed by atoms with E-state index in [4.69, 9.17) is 11.6 Å². The molecule has 2 heteroatoms. The molecule has 0 saturated heterocycles. The summed E-state index contributed by atoms with van der Waals surface area (Å²) in [5.74, 6) is 0.582. The Morgan fingerprint density at radius 3 is 2.45 bits per heavy atom. The number of benzene rings is 2. The van der Waals surface area contributed by atoms with E-state index in [0.29, 0.717) is 5.88 Å². The van der Waals surface area contributed by atoms with Gasteiger partial charge in [0.15, 0.2) is 0 Å². The van der Waals surface area contributed by atoms with Crippen LogP contribution in [0.15, 0.2) is 42.5 Å². The molecular formula is C18H20ClN. The fourth-order valence-electron chi connectivity index (χ4n) is 2.91. The average molecular weight is 286 g/mol. The number of hydrogen-bond acceptors (Lipinski definition) is 1. The Hall–Kier alpha value is -1.31. The van der Waals surface area contributed by atoms with Gasteiger partial charge in [0.25, 0.3) is 0 Å². The smallest absolute Gasteiger partial charge is 0.0474 e. The van der Waals surface area contributed by atoms with Gasteiger partial charge in [-0.15, -0.1) is 11.6 Å². The van der Waals surface area contributed by atoms with E-state index in [-0.39, 0.29) is 0 Å². The molecule has 104 valence electrons. The molecule has 0 radical (unpaired) electrons. The van der Waals surface area contributed by atoms with Gasteiger partial charge < -0.3 is 5.32 Å². The van der Waals surface area contributed by atoms with Crippen molar-refractivity contribution in [2.24, 2.45) is 0 Å². The van der Waals surface area contributed by atoms with Gasteiger partial charge in [0.1, 0.15) is 0 Å². The zero-order valence-corrected chi connectivity index (χ0v) is 12.4. The molecule has 0 unspecified atom stereocenters. The lowest BCUT2D eigenvalue weighted by atomic mass is 10.1. The van der Waals surface area contributed by atoms with Crippen molar-refractivity contribution in [1.29, 1.82) is 0 Å². The minimum absolute atomic E-state index is 0.582. The number of aryl methyl sites for hydroxylation is 2. The monoisotopic (exact) mass is 285 g/mol. The van der Waals surface area contributed by atoms with Crippen molar-refractivity contribution < 1.29 is 0 Å². The molecule has 0 aromatic heterocycles. The molecule has 0 atom stereocenters. The average Bonchev–Trinajstić information content (AvgIpc) is 2.95. The Balaban J connectivity index is 1.57. The summed E-state index contributed by atoms with van der Waals surface area (Å²) in [5, 5.41) is 3.52. The Morgan fingerprint density at radius 2 is 1.60 bits per heavy atom. The van der Waals surface area contributed by atoms with Gasteiger partial charge in [0.2, 0.25) is 0 Å². The lowest BCUT2D eigenvalue weighted by Gasteiger charge is -2.08. The number of rotatable bonds is 5. The molecule has 3 rings (SSSR count). The molecule has 0 amide bonds. The molecule has 0 saturated carbocycles. The van der Waals surface area contributed by atoms with E-state index in [0.717, 1.165) is 13.1 Å². The van der Waals surface area contributed by atoms with Crippen LogP contribution in [0, 0.1) is 0 Å². The van der Waals surface area contributed by atoms with Gasteiger partial charge in [0.05, 0.1) is 0 Å². The van der Waals surface area contributed by atoms with Crippen LogP contribution in [0.5, 0.6) is 0 Å². The van der Waals surface area contributed by atoms with Gasteiger partial charge in [-0.1, -0.05) is 42.5 Å². The first-order valence-corrected chi connectivity index (χ1v) is 7.84. The molecule has 0 aliphatic heterocycles. The van der Waals surface area contributed by atoms with Crippen molar-refractivity contribution in [3.8, 4) is 0 Å². The first-order valence-electron chi connectivity index (χ1n) is 7.30. The third-order valence-corrected chi connectivity index (χ3v) is 4.28. The van der Waals surface area contributed by atoms with Crippen molar-refractivity contribution in [2.45, 2.75) is 38.2 Å². The molecule has 1 N–H and O–H groups in total. The molecule has 2 aromatic rings. The van der Waals surface area contributed by atoms with Crippen molar-refractivity contribution >= 4 is 11.6 Å². The van der Waals surface area contributed by atoms with Gasteiger partial charge in [-0.25, -0.2) is 0 Å². The molecule has 1 aliphatic carbocycles. The second-order valence-corrected chi connectivity index (χ2v) is 5.78. The molecule has 0 fully saturated rings. The van der Waals surface area contributed by atoms with Crippen molar-refractivity contribution in [1.82, 2.24) is 5.32 Å². The third-order valence-electron chi connectivity index (χ3n) is 3.97. The van der Waals surface area contributed by atoms with Crippen LogP contribution in [0.1, 0.15) is 34.2 Å². The predicted molar refractivity (Wildman–Crippen MR) is 85.0 cm³/mol. The Kier molecular flexibility index (Phi) is 4.39. The standard InChI is InChI=1S/C18H20ClN/c19-11-14-3-1-4-15(9-14)12-20-13-16-7-8-17-5-2-6-18(17)10-16/h1,3-4,7-10,20H,2,5-6,11-13H2. The van der Waals surface area contributed by atoms with E-state index in [1.807, 2.05) is 0 Å². The van der Waals surface area contributed by atoms with Gasteiger partial charge >= 0.3 is 0 Å². The van der Waals surface area contributed by atoms with Crippen molar-refractivity contribution in [2.75, 3.05) is 0 Å². The van der Waals surface area contributed by atoms with Crippen LogP contribution in [0.2, 0.25) is 0 Å². The normalized spacial score (nSPS) is 13.4. The fourth-order valence-corrected chi connectivity index (χ4v) is 3.08. The van der Waals surface area contributed by atoms with E-state index in [1.165, 1.54) is 36.0 Å². The molecule has 1 aliphatic rings. The highest BCUT2D eigenvalue weighted by Gasteiger charge is 2.10. The summed E-state index contributed by atoms with van der Waals surface area (Å²) < 4.78 is 0. The highest BCUT2D eigenvalue weighted by molar-refractivity contribution is 6.17. The van der Waals surface area contributed by atoms with Crippen LogP contribution >= 0.6 is 11.6 Å². The zero-order chi connectivity index (χ0) is 13.8. The summed E-state index contributed by atoms with van der Waals surface area (Å²) >= 11 is 5.86. The second kappa shape index (κ2) is 6.43. The molecule has 1 nitrogen and oxygen atoms in total. The Labute approximate surface area is 126 Å². The quantitative estimate of drug-likeness (QED) is 0.812. The maximum absolute atomic E-state index is 5.86. The van der Waals surface area contributed by atoms with E-state index in [9.17, 15) is 0 Å². The molecule has 20 heavy (non-hydrogen) atoms. The van der Waals surface area contributed by atoms with Crippen LogP contribution in [-0.4, -0.2) is 0 Å². The summed E-state index contributed by atoms with van der Waals surface area (Å²) in [7, 11) is 0. The van der Waals surface area contributed by atoms with E-state index in [2.05, 4.69) is 47.8 Å². The maximum atomic E-state index is 5.86. The lowest BCUT2D eigenvalue weighted by molar-refractivity contribution is 0.692. The highest BCUT2D eigenvalue weighted by atomic mass is 35.5. The lowest BCUT2D eigenvalue weighted by Crippen LogP contribution is -2.13. The van der Waals surface area contributed by atoms with Crippen molar-refractivity contribution in [3.05, 3.63) is 70.3 Å². The summed E-state index contributed by atoms with van der Waals surface area (Å²) in [6.07, 6.45) is 3.83. The predicted octanol–water partition coefficient (Wildman–Crippen LogP) is 4.20. The second-order valence-electron chi connectivity index (χ2n) is 5.51. The van der Waals surface area contributed by atoms with Crippen LogP contribution < -0.4 is 5.32 Å². The summed E-state index contributed by atoms with van der Waals surface area (Å²) in [6, 6.07) is 15.4. The SMILES string of the molecule is ClCc1cccc(CNCc2ccc3c(c2)CCC3)c1. The maximum Gasteiger partial charge on any atom is 0.0474 e. The summed E-state index contributed by atoms with van der Waals surface area (Å²) in [5.41, 5.74) is 6.96. The van der Waals surface area contributed by atoms with Crippen LogP contribution in [0.25, 0.3) is 0 Å². The largest absolute Gasteiger partial charge is 0.309 e. The highest BCUT2D eigenvalue weighted by Crippen LogP contribution is 2.22. The molecule has 2 aromatic carbocycles. The number of hydrogen-bond donors (Lipinski definition) is 1. The van der Waals surface area contributed by atoms with Crippen LogP contribution in [0.3, 0.4) is 0 Å². The van der Waals surface area contributed by atoms with Crippen molar-refractivity contribution in [3.63, 3.8) is 0 Å². The van der Waals surface area contributed by atoms with Crippen LogP contribution in [-0.2, 0) is 31.8 Å². The van der Waals surface area contributed by atoms with Gasteiger partial charge in [-0.2, -0.15) is 0 Å². The first kappa shape index (κ1) is 13.7. The molecular weight excluding hydrogens is 266 g/mol. The minimum Gasteiger partial charge on any atom is -0.309 e. The Bertz CT molecular complexity index is 592. The van der Waals surface area contributed by atoms with E-state index in [1.54, 1.807) is 11.1 Å². The minimum atomic E-state index is 0.582. The summed E-state index contributed by atoms with van der Waals surface area (Å²) in [4.78, 5) is 0. The van der Waals surface area contributed by atoms with E-state index < -0.39 is 0 Å². The van der Waals surface area contributed by atoms with Gasteiger partial charge in [0, 0.05) is 19.0 Å². The topological polar surface area (TPSA) is 12.0 Å². The number of fused-ring (bicyclic) bond motifs is 1. The number of halogens is 1. The number of nitrogens with one attached hydrogen (secondary N) is 1. The molecule has 0 spiro atoms. The summed E-state index contributed by atoms with van der Waals surface area (Å²) in [6.45, 7) is 1.82. The zero-order valence-electron chi connectivity index (χ0n) is 11.7. The van der Waals surface area contributed by atoms with Crippen LogP contribution in [0.4, 0.5) is 0 Å². The molecule has 0 heterocycles. The van der Waals surface area contributed by atoms with E-state index >= 15 is 0 Å². The molecule has 0 bridgehead atoms.